The highest BCUT2D eigenvalue weighted by atomic mass is 32.2. The number of nitrogens with one attached hydrogen (secondary N) is 1. The van der Waals surface area contributed by atoms with Gasteiger partial charge in [0.15, 0.2) is 0 Å². The van der Waals surface area contributed by atoms with Crippen molar-refractivity contribution in [1.29, 1.82) is 0 Å². The van der Waals surface area contributed by atoms with Gasteiger partial charge in [-0.3, -0.25) is 9.48 Å². The van der Waals surface area contributed by atoms with E-state index in [2.05, 4.69) is 10.4 Å². The third-order valence-corrected chi connectivity index (χ3v) is 3.94. The van der Waals surface area contributed by atoms with Gasteiger partial charge in [-0.25, -0.2) is 13.6 Å². The fourth-order valence-electron chi connectivity index (χ4n) is 1.97. The molecule has 1 aromatic carbocycles. The molecule has 0 bridgehead atoms. The molecule has 7 nitrogen and oxygen atoms in total. The summed E-state index contributed by atoms with van der Waals surface area (Å²) in [5, 5.41) is 11.9. The molecule has 0 aliphatic heterocycles. The molecule has 2 rings (SSSR count). The number of aryl methyl sites for hydroxylation is 3. The summed E-state index contributed by atoms with van der Waals surface area (Å²) in [5.74, 6) is -0.299. The third-order valence-electron chi connectivity index (χ3n) is 3.03. The zero-order valence-electron chi connectivity index (χ0n) is 11.9. The molecule has 0 spiro atoms. The lowest BCUT2D eigenvalue weighted by atomic mass is 10.2. The number of sulfonamides is 1. The monoisotopic (exact) mass is 308 g/mol. The van der Waals surface area contributed by atoms with Gasteiger partial charge in [0.1, 0.15) is 0 Å². The van der Waals surface area contributed by atoms with E-state index in [-0.39, 0.29) is 10.8 Å². The molecular formula is C13H16N4O3S. The average Bonchev–Trinajstić information content (AvgIpc) is 2.69. The molecule has 0 saturated carbocycles. The molecule has 0 atom stereocenters. The highest BCUT2D eigenvalue weighted by Gasteiger charge is 2.15. The average molecular weight is 308 g/mol. The van der Waals surface area contributed by atoms with Crippen molar-refractivity contribution in [3.63, 3.8) is 0 Å². The molecule has 0 saturated heterocycles. The van der Waals surface area contributed by atoms with Gasteiger partial charge in [-0.15, -0.1) is 0 Å². The van der Waals surface area contributed by atoms with E-state index in [1.165, 1.54) is 18.2 Å². The van der Waals surface area contributed by atoms with E-state index in [4.69, 9.17) is 5.14 Å². The van der Waals surface area contributed by atoms with Crippen LogP contribution in [0.1, 0.15) is 21.6 Å². The maximum atomic E-state index is 12.2. The lowest BCUT2D eigenvalue weighted by Crippen LogP contribution is -2.15. The van der Waals surface area contributed by atoms with Gasteiger partial charge in [0.2, 0.25) is 10.0 Å². The number of carbonyl (C=O) groups excluding carboxylic acids is 1. The molecule has 2 aromatic rings. The Kier molecular flexibility index (Phi) is 3.84. The first-order valence-electron chi connectivity index (χ1n) is 6.13. The number of hydrogen-bond donors (Lipinski definition) is 2. The fraction of sp³-hybridized carbons (Fsp3) is 0.231. The third kappa shape index (κ3) is 3.29. The van der Waals surface area contributed by atoms with Crippen LogP contribution in [-0.2, 0) is 17.1 Å². The van der Waals surface area contributed by atoms with Crippen molar-refractivity contribution in [3.8, 4) is 0 Å². The number of anilines is 1. The van der Waals surface area contributed by atoms with Crippen molar-refractivity contribution in [1.82, 2.24) is 9.78 Å². The molecule has 1 aromatic heterocycles. The first-order chi connectivity index (χ1) is 9.68. The number of hydrogen-bond acceptors (Lipinski definition) is 4. The second-order valence-corrected chi connectivity index (χ2v) is 6.34. The lowest BCUT2D eigenvalue weighted by molar-refractivity contribution is 0.102. The molecule has 112 valence electrons. The van der Waals surface area contributed by atoms with Gasteiger partial charge in [-0.1, -0.05) is 0 Å². The number of primary sulfonamides is 1. The van der Waals surface area contributed by atoms with Crippen molar-refractivity contribution in [3.05, 3.63) is 41.2 Å². The van der Waals surface area contributed by atoms with E-state index >= 15 is 0 Å². The van der Waals surface area contributed by atoms with Gasteiger partial charge < -0.3 is 5.32 Å². The Morgan fingerprint density at radius 2 is 2.00 bits per heavy atom. The van der Waals surface area contributed by atoms with Gasteiger partial charge in [0.25, 0.3) is 5.91 Å². The van der Waals surface area contributed by atoms with Crippen LogP contribution in [0.5, 0.6) is 0 Å². The summed E-state index contributed by atoms with van der Waals surface area (Å²) in [4.78, 5) is 12.2. The second-order valence-electron chi connectivity index (χ2n) is 4.78. The first-order valence-corrected chi connectivity index (χ1v) is 7.68. The van der Waals surface area contributed by atoms with Crippen LogP contribution in [-0.4, -0.2) is 24.1 Å². The summed E-state index contributed by atoms with van der Waals surface area (Å²) in [6.07, 6.45) is 1.62. The van der Waals surface area contributed by atoms with E-state index in [9.17, 15) is 13.2 Å². The molecule has 0 unspecified atom stereocenters. The van der Waals surface area contributed by atoms with Crippen LogP contribution < -0.4 is 10.5 Å². The van der Waals surface area contributed by atoms with E-state index in [0.29, 0.717) is 22.5 Å². The van der Waals surface area contributed by atoms with Crippen molar-refractivity contribution in [2.24, 2.45) is 12.2 Å². The predicted molar refractivity (Wildman–Crippen MR) is 78.5 cm³/mol. The lowest BCUT2D eigenvalue weighted by Gasteiger charge is -2.09. The van der Waals surface area contributed by atoms with Crippen LogP contribution in [0.2, 0.25) is 0 Å². The normalized spacial score (nSPS) is 11.4. The summed E-state index contributed by atoms with van der Waals surface area (Å²) >= 11 is 0. The highest BCUT2D eigenvalue weighted by molar-refractivity contribution is 7.89. The number of rotatable bonds is 3. The topological polar surface area (TPSA) is 107 Å². The molecule has 21 heavy (non-hydrogen) atoms. The summed E-state index contributed by atoms with van der Waals surface area (Å²) in [7, 11) is -2.02. The maximum absolute atomic E-state index is 12.2. The van der Waals surface area contributed by atoms with Crippen LogP contribution in [0.3, 0.4) is 0 Å². The van der Waals surface area contributed by atoms with Crippen LogP contribution in [0.25, 0.3) is 0 Å². The standard InChI is InChI=1S/C13H16N4O3S/c1-8-6-10(21(14,19)20)4-5-12(8)15-13(18)11-7-17(3)16-9(11)2/h4-7H,1-3H3,(H,15,18)(H2,14,19,20). The number of aromatic nitrogens is 2. The Bertz CT molecular complexity index is 809. The van der Waals surface area contributed by atoms with Crippen LogP contribution in [0.15, 0.2) is 29.3 Å². The number of carbonyl (C=O) groups is 1. The zero-order chi connectivity index (χ0) is 15.8. The molecule has 0 aliphatic carbocycles. The molecular weight excluding hydrogens is 292 g/mol. The molecule has 8 heteroatoms. The zero-order valence-corrected chi connectivity index (χ0v) is 12.7. The van der Waals surface area contributed by atoms with Crippen LogP contribution in [0, 0.1) is 13.8 Å². The maximum Gasteiger partial charge on any atom is 0.259 e. The Morgan fingerprint density at radius 3 is 2.48 bits per heavy atom. The molecule has 3 N–H and O–H groups in total. The number of nitrogens with zero attached hydrogens (tertiary/aromatic N) is 2. The first kappa shape index (κ1) is 15.2. The Labute approximate surface area is 122 Å². The summed E-state index contributed by atoms with van der Waals surface area (Å²) in [5.41, 5.74) is 2.22. The van der Waals surface area contributed by atoms with E-state index in [0.717, 1.165) is 0 Å². The minimum Gasteiger partial charge on any atom is -0.322 e. The van der Waals surface area contributed by atoms with Gasteiger partial charge in [-0.05, 0) is 37.6 Å². The Morgan fingerprint density at radius 1 is 1.33 bits per heavy atom. The summed E-state index contributed by atoms with van der Waals surface area (Å²) in [6.45, 7) is 3.44. The van der Waals surface area contributed by atoms with E-state index in [1.54, 1.807) is 31.8 Å². The molecule has 1 heterocycles. The van der Waals surface area contributed by atoms with Crippen LogP contribution in [0.4, 0.5) is 5.69 Å². The predicted octanol–water partition coefficient (Wildman–Crippen LogP) is 0.937. The van der Waals surface area contributed by atoms with E-state index in [1.807, 2.05) is 0 Å². The number of amides is 1. The Hall–Kier alpha value is -2.19. The van der Waals surface area contributed by atoms with Crippen molar-refractivity contribution in [2.75, 3.05) is 5.32 Å². The highest BCUT2D eigenvalue weighted by Crippen LogP contribution is 2.20. The second kappa shape index (κ2) is 5.30. The summed E-state index contributed by atoms with van der Waals surface area (Å²) < 4.78 is 24.1. The molecule has 1 amide bonds. The summed E-state index contributed by atoms with van der Waals surface area (Å²) in [6, 6.07) is 4.29. The quantitative estimate of drug-likeness (QED) is 0.879. The Balaban J connectivity index is 2.28. The van der Waals surface area contributed by atoms with Crippen molar-refractivity contribution >= 4 is 21.6 Å². The molecule has 0 aliphatic rings. The van der Waals surface area contributed by atoms with Gasteiger partial charge in [0.05, 0.1) is 16.2 Å². The largest absolute Gasteiger partial charge is 0.322 e. The number of nitrogens with two attached hydrogens (primary N) is 1. The number of benzene rings is 1. The fourth-order valence-corrected chi connectivity index (χ4v) is 2.56. The SMILES string of the molecule is Cc1cc(S(N)(=O)=O)ccc1NC(=O)c1cn(C)nc1C. The van der Waals surface area contributed by atoms with Crippen LogP contribution >= 0.6 is 0 Å². The minimum atomic E-state index is -3.75. The molecule has 0 fully saturated rings. The minimum absolute atomic E-state index is 0.00978. The van der Waals surface area contributed by atoms with Gasteiger partial charge in [0, 0.05) is 18.9 Å². The smallest absolute Gasteiger partial charge is 0.259 e. The van der Waals surface area contributed by atoms with E-state index < -0.39 is 10.0 Å². The van der Waals surface area contributed by atoms with Crippen molar-refractivity contribution < 1.29 is 13.2 Å². The van der Waals surface area contributed by atoms with Gasteiger partial charge >= 0.3 is 0 Å². The van der Waals surface area contributed by atoms with Crippen molar-refractivity contribution in [2.45, 2.75) is 18.7 Å². The molecule has 0 radical (unpaired) electrons. The van der Waals surface area contributed by atoms with Gasteiger partial charge in [-0.2, -0.15) is 5.10 Å².